The summed E-state index contributed by atoms with van der Waals surface area (Å²) in [7, 11) is 6.28. The third-order valence-corrected chi connectivity index (χ3v) is 4.08. The van der Waals surface area contributed by atoms with Crippen LogP contribution in [0.25, 0.3) is 0 Å². The summed E-state index contributed by atoms with van der Waals surface area (Å²) in [6, 6.07) is 12.4. The lowest BCUT2D eigenvalue weighted by Gasteiger charge is -2.37. The van der Waals surface area contributed by atoms with E-state index in [0.717, 1.165) is 15.9 Å². The minimum absolute atomic E-state index is 0.0690. The molecule has 0 bridgehead atoms. The zero-order chi connectivity index (χ0) is 15.6. The number of ketones is 1. The van der Waals surface area contributed by atoms with Crippen LogP contribution in [0.2, 0.25) is 0 Å². The van der Waals surface area contributed by atoms with Crippen molar-refractivity contribution in [3.8, 4) is 0 Å². The van der Waals surface area contributed by atoms with Crippen LogP contribution >= 0.6 is 0 Å². The van der Waals surface area contributed by atoms with Crippen LogP contribution in [0.15, 0.2) is 40.8 Å². The predicted molar refractivity (Wildman–Crippen MR) is 88.3 cm³/mol. The van der Waals surface area contributed by atoms with Gasteiger partial charge in [-0.1, -0.05) is 35.9 Å². The third kappa shape index (κ3) is 3.85. The summed E-state index contributed by atoms with van der Waals surface area (Å²) in [5.41, 5.74) is 1.98. The molecule has 0 unspecified atom stereocenters. The van der Waals surface area contributed by atoms with Crippen LogP contribution in [0.4, 0.5) is 0 Å². The smallest absolute Gasteiger partial charge is 0.196 e. The number of carbonyl (C=O) groups excluding carboxylic acids is 1. The van der Waals surface area contributed by atoms with Gasteiger partial charge in [0.2, 0.25) is 0 Å². The Labute approximate surface area is 127 Å². The van der Waals surface area contributed by atoms with Gasteiger partial charge in [0.1, 0.15) is 5.76 Å². The minimum atomic E-state index is -0.384. The lowest BCUT2D eigenvalue weighted by atomic mass is 9.67. The number of hydrogen-bond donors (Lipinski definition) is 0. The van der Waals surface area contributed by atoms with Crippen molar-refractivity contribution in [2.75, 3.05) is 21.1 Å². The van der Waals surface area contributed by atoms with E-state index in [-0.39, 0.29) is 19.0 Å². The molecule has 0 aliphatic heterocycles. The van der Waals surface area contributed by atoms with E-state index in [1.165, 1.54) is 5.56 Å². The van der Waals surface area contributed by atoms with Crippen LogP contribution in [0.1, 0.15) is 40.2 Å². The molecule has 0 amide bonds. The molecule has 0 saturated carbocycles. The normalized spacial score (nSPS) is 13.2. The van der Waals surface area contributed by atoms with E-state index in [9.17, 15) is 4.79 Å². The van der Waals surface area contributed by atoms with Gasteiger partial charge in [-0.15, -0.1) is 0 Å². The van der Waals surface area contributed by atoms with Gasteiger partial charge in [0.25, 0.3) is 0 Å². The number of carbonyl (C=O) groups is 1. The van der Waals surface area contributed by atoms with Gasteiger partial charge >= 0.3 is 0 Å². The van der Waals surface area contributed by atoms with Crippen molar-refractivity contribution in [3.05, 3.63) is 59.0 Å². The SMILES string of the molecule is CC(=O)c1cc([C@@H]([BH2-][N+](C)(C)C)c2ccccc2)oc1C. The summed E-state index contributed by atoms with van der Waals surface area (Å²) < 4.78 is 6.89. The Morgan fingerprint density at radius 1 is 1.19 bits per heavy atom. The number of hydrogen-bond acceptors (Lipinski definition) is 2. The molecule has 0 fully saturated rings. The summed E-state index contributed by atoms with van der Waals surface area (Å²) in [5, 5.41) is 0. The van der Waals surface area contributed by atoms with Crippen molar-refractivity contribution in [1.29, 1.82) is 0 Å². The maximum Gasteiger partial charge on any atom is 0.196 e. The summed E-state index contributed by atoms with van der Waals surface area (Å²) in [6.07, 6.45) is 0. The van der Waals surface area contributed by atoms with Gasteiger partial charge in [0.05, 0.1) is 11.3 Å². The van der Waals surface area contributed by atoms with E-state index < -0.39 is 0 Å². The van der Waals surface area contributed by atoms with Gasteiger partial charge in [-0.2, -0.15) is 0 Å². The zero-order valence-electron chi connectivity index (χ0n) is 13.8. The van der Waals surface area contributed by atoms with Gasteiger partial charge in [-0.25, -0.2) is 0 Å². The number of benzene rings is 1. The second-order valence-electron chi connectivity index (χ2n) is 7.25. The fraction of sp³-hybridized carbons (Fsp3) is 0.353. The molecule has 1 aromatic heterocycles. The van der Waals surface area contributed by atoms with Gasteiger partial charge in [-0.05, 0) is 25.7 Å². The molecule has 2 rings (SSSR count). The van der Waals surface area contributed by atoms with Crippen molar-refractivity contribution in [3.63, 3.8) is 0 Å². The van der Waals surface area contributed by atoms with Crippen molar-refractivity contribution >= 4 is 13.2 Å². The summed E-state index contributed by atoms with van der Waals surface area (Å²) in [4.78, 5) is 11.7. The summed E-state index contributed by atoms with van der Waals surface area (Å²) in [6.45, 7) is 3.46. The highest BCUT2D eigenvalue weighted by Crippen LogP contribution is 2.29. The Hall–Kier alpha value is -1.81. The maximum absolute atomic E-state index is 11.7. The monoisotopic (exact) mass is 285 g/mol. The van der Waals surface area contributed by atoms with Crippen molar-refractivity contribution in [2.24, 2.45) is 0 Å². The summed E-state index contributed by atoms with van der Waals surface area (Å²) in [5.74, 6) is 2.00. The molecular weight excluding hydrogens is 261 g/mol. The molecule has 4 heteroatoms. The second kappa shape index (κ2) is 5.90. The van der Waals surface area contributed by atoms with E-state index in [1.807, 2.05) is 19.1 Å². The number of furan rings is 1. The molecule has 1 heterocycles. The Kier molecular flexibility index (Phi) is 4.38. The molecule has 21 heavy (non-hydrogen) atoms. The zero-order valence-corrected chi connectivity index (χ0v) is 13.8. The van der Waals surface area contributed by atoms with E-state index >= 15 is 0 Å². The van der Waals surface area contributed by atoms with E-state index in [2.05, 4.69) is 45.4 Å². The van der Waals surface area contributed by atoms with Crippen LogP contribution in [0.5, 0.6) is 0 Å². The highest BCUT2D eigenvalue weighted by molar-refractivity contribution is 6.30. The molecule has 0 N–H and O–H groups in total. The lowest BCUT2D eigenvalue weighted by molar-refractivity contribution is -0.756. The van der Waals surface area contributed by atoms with Gasteiger partial charge in [0.15, 0.2) is 13.2 Å². The molecule has 1 aromatic carbocycles. The van der Waals surface area contributed by atoms with Crippen molar-refractivity contribution < 1.29 is 13.6 Å². The van der Waals surface area contributed by atoms with Crippen molar-refractivity contribution in [2.45, 2.75) is 19.7 Å². The lowest BCUT2D eigenvalue weighted by Crippen LogP contribution is -2.42. The number of nitrogens with zero attached hydrogens (tertiary/aromatic N) is 1. The first-order valence-corrected chi connectivity index (χ1v) is 7.54. The minimum Gasteiger partial charge on any atom is -0.527 e. The fourth-order valence-corrected chi connectivity index (χ4v) is 3.02. The van der Waals surface area contributed by atoms with Crippen molar-refractivity contribution in [1.82, 2.24) is 0 Å². The highest BCUT2D eigenvalue weighted by atomic mass is 16.3. The molecule has 2 aromatic rings. The van der Waals surface area contributed by atoms with Crippen LogP contribution in [0, 0.1) is 6.92 Å². The molecule has 0 spiro atoms. The Morgan fingerprint density at radius 3 is 2.29 bits per heavy atom. The van der Waals surface area contributed by atoms with Crippen LogP contribution < -0.4 is 0 Å². The molecule has 0 saturated heterocycles. The number of quaternary nitrogens is 1. The Balaban J connectivity index is 2.45. The fourth-order valence-electron chi connectivity index (χ4n) is 3.02. The predicted octanol–water partition coefficient (Wildman–Crippen LogP) is 2.67. The third-order valence-electron chi connectivity index (χ3n) is 4.08. The Morgan fingerprint density at radius 2 is 1.81 bits per heavy atom. The van der Waals surface area contributed by atoms with Crippen LogP contribution in [-0.4, -0.2) is 38.7 Å². The number of Topliss-reactive ketones (excluding diaryl/α,β-unsaturated/α-hetero) is 1. The molecule has 0 aliphatic carbocycles. The van der Waals surface area contributed by atoms with Gasteiger partial charge in [-0.3, -0.25) is 4.79 Å². The molecular formula is C17H24BNO2. The van der Waals surface area contributed by atoms with Crippen LogP contribution in [0.3, 0.4) is 0 Å². The van der Waals surface area contributed by atoms with E-state index in [4.69, 9.17) is 4.42 Å². The standard InChI is InChI=1S/C17H24BNO2/c1-12(20)15-11-16(21-13(15)2)17(18-19(3,4)5)14-9-7-6-8-10-14/h6-11,17H,18H2,1-5H3/t17-/m0/s1. The first-order chi connectivity index (χ1) is 9.78. The summed E-state index contributed by atoms with van der Waals surface area (Å²) >= 11 is 0. The topological polar surface area (TPSA) is 30.2 Å². The molecule has 112 valence electrons. The number of rotatable bonds is 5. The largest absolute Gasteiger partial charge is 0.527 e. The average molecular weight is 285 g/mol. The Bertz CT molecular complexity index is 626. The van der Waals surface area contributed by atoms with E-state index in [0.29, 0.717) is 5.56 Å². The first kappa shape index (κ1) is 15.6. The average Bonchev–Trinajstić information content (AvgIpc) is 2.78. The van der Waals surface area contributed by atoms with Gasteiger partial charge in [0, 0.05) is 21.1 Å². The molecule has 0 aliphatic rings. The first-order valence-electron chi connectivity index (χ1n) is 7.54. The highest BCUT2D eigenvalue weighted by Gasteiger charge is 2.22. The van der Waals surface area contributed by atoms with Crippen LogP contribution in [-0.2, 0) is 0 Å². The second-order valence-corrected chi connectivity index (χ2v) is 7.25. The van der Waals surface area contributed by atoms with Gasteiger partial charge < -0.3 is 8.81 Å². The van der Waals surface area contributed by atoms with E-state index in [1.54, 1.807) is 6.92 Å². The quantitative estimate of drug-likeness (QED) is 0.624. The molecule has 3 nitrogen and oxygen atoms in total. The maximum atomic E-state index is 11.7. The molecule has 1 atom stereocenters. The molecule has 0 radical (unpaired) electrons. The number of aryl methyl sites for hydroxylation is 1.